The predicted molar refractivity (Wildman–Crippen MR) is 162 cm³/mol. The summed E-state index contributed by atoms with van der Waals surface area (Å²) >= 11 is 0. The number of benzene rings is 2. The third-order valence-corrected chi connectivity index (χ3v) is 9.70. The minimum absolute atomic E-state index is 0.00204. The van der Waals surface area contributed by atoms with Gasteiger partial charge in [0.1, 0.15) is 22.8 Å². The molecule has 0 bridgehead atoms. The van der Waals surface area contributed by atoms with Gasteiger partial charge in [-0.3, -0.25) is 14.3 Å². The number of Topliss-reactive ketones (excluding diaryl/α,β-unsaturated/α-hetero) is 1. The van der Waals surface area contributed by atoms with E-state index in [0.29, 0.717) is 6.42 Å². The summed E-state index contributed by atoms with van der Waals surface area (Å²) in [5, 5.41) is 17.5. The molecule has 1 saturated heterocycles. The fourth-order valence-corrected chi connectivity index (χ4v) is 7.36. The van der Waals surface area contributed by atoms with Crippen LogP contribution >= 0.6 is 0 Å². The third kappa shape index (κ3) is 5.91. The number of hydrogen-bond donors (Lipinski definition) is 4. The molecule has 2 heterocycles. The zero-order valence-electron chi connectivity index (χ0n) is 24.0. The van der Waals surface area contributed by atoms with Crippen LogP contribution in [0.3, 0.4) is 0 Å². The number of nitrogens with zero attached hydrogens (tertiary/aromatic N) is 1. The van der Waals surface area contributed by atoms with Crippen molar-refractivity contribution in [3.05, 3.63) is 59.2 Å². The second-order valence-electron chi connectivity index (χ2n) is 11.5. The van der Waals surface area contributed by atoms with E-state index in [2.05, 4.69) is 19.8 Å². The van der Waals surface area contributed by atoms with Crippen LogP contribution in [-0.2, 0) is 39.8 Å². The van der Waals surface area contributed by atoms with E-state index in [9.17, 15) is 31.5 Å². The van der Waals surface area contributed by atoms with Gasteiger partial charge in [-0.2, -0.15) is 8.42 Å². The Hall–Kier alpha value is -3.75. The minimum Gasteiger partial charge on any atom is -0.506 e. The average molecular weight is 631 g/mol. The van der Waals surface area contributed by atoms with Crippen molar-refractivity contribution >= 4 is 54.8 Å². The van der Waals surface area contributed by atoms with Gasteiger partial charge in [0.15, 0.2) is 17.0 Å². The number of ketones is 1. The highest BCUT2D eigenvalue weighted by atomic mass is 32.2. The molecule has 0 amide bonds. The molecule has 2 aromatic rings. The molecule has 3 aliphatic rings. The Balaban J connectivity index is 1.62. The fourth-order valence-electron chi connectivity index (χ4n) is 5.66. The fraction of sp³-hybridized carbons (Fsp3) is 0.414. The van der Waals surface area contributed by atoms with Gasteiger partial charge in [-0.25, -0.2) is 8.42 Å². The Morgan fingerprint density at radius 3 is 2.65 bits per heavy atom. The lowest BCUT2D eigenvalue weighted by Crippen LogP contribution is -2.51. The molecule has 230 valence electrons. The number of rotatable bonds is 9. The summed E-state index contributed by atoms with van der Waals surface area (Å²) in [6, 6.07) is 10.2. The van der Waals surface area contributed by atoms with Crippen LogP contribution in [0, 0.1) is 5.92 Å². The van der Waals surface area contributed by atoms with E-state index in [1.54, 1.807) is 24.3 Å². The van der Waals surface area contributed by atoms with Crippen molar-refractivity contribution in [1.29, 1.82) is 0 Å². The van der Waals surface area contributed by atoms with Crippen molar-refractivity contribution in [2.75, 3.05) is 29.4 Å². The van der Waals surface area contributed by atoms with E-state index in [1.807, 2.05) is 13.8 Å². The van der Waals surface area contributed by atoms with Gasteiger partial charge >= 0.3 is 5.97 Å². The first kappa shape index (κ1) is 30.7. The molecule has 2 aromatic carbocycles. The van der Waals surface area contributed by atoms with Gasteiger partial charge in [0.2, 0.25) is 10.0 Å². The molecule has 0 unspecified atom stereocenters. The lowest BCUT2D eigenvalue weighted by atomic mass is 9.65. The van der Waals surface area contributed by atoms with Crippen LogP contribution in [0.2, 0.25) is 0 Å². The van der Waals surface area contributed by atoms with Crippen molar-refractivity contribution in [3.8, 4) is 0 Å². The molecule has 43 heavy (non-hydrogen) atoms. The SMILES string of the molecule is CC(C)CC[C@@]1(C(=O)OC[C@H]2CCCN2)C(=O)C(C2=NS(=O)(=O)c3cc(NS(C)(=O)=O)ccc3N2)=C(O)c2ccccc21. The van der Waals surface area contributed by atoms with Crippen molar-refractivity contribution < 1.29 is 36.3 Å². The van der Waals surface area contributed by atoms with Crippen LogP contribution < -0.4 is 15.4 Å². The third-order valence-electron chi connectivity index (χ3n) is 7.78. The minimum atomic E-state index is -4.48. The average Bonchev–Trinajstić information content (AvgIpc) is 3.45. The van der Waals surface area contributed by atoms with Crippen LogP contribution in [-0.4, -0.2) is 65.0 Å². The number of carbonyl (C=O) groups excluding carboxylic acids is 2. The first-order chi connectivity index (χ1) is 20.2. The smallest absolute Gasteiger partial charge is 0.324 e. The number of amidine groups is 1. The molecule has 12 nitrogen and oxygen atoms in total. The highest BCUT2D eigenvalue weighted by Gasteiger charge is 2.55. The van der Waals surface area contributed by atoms with Crippen molar-refractivity contribution in [2.45, 2.75) is 55.9 Å². The molecular weight excluding hydrogens is 596 g/mol. The summed E-state index contributed by atoms with van der Waals surface area (Å²) in [4.78, 5) is 28.3. The summed E-state index contributed by atoms with van der Waals surface area (Å²) in [7, 11) is -8.17. The Morgan fingerprint density at radius 2 is 1.98 bits per heavy atom. The highest BCUT2D eigenvalue weighted by Crippen LogP contribution is 2.45. The van der Waals surface area contributed by atoms with E-state index in [-0.39, 0.29) is 52.4 Å². The van der Waals surface area contributed by atoms with E-state index in [0.717, 1.165) is 31.7 Å². The topological polar surface area (TPSA) is 180 Å². The quantitative estimate of drug-likeness (QED) is 0.238. The van der Waals surface area contributed by atoms with Gasteiger partial charge in [0.25, 0.3) is 10.0 Å². The molecule has 5 rings (SSSR count). The molecule has 1 aliphatic carbocycles. The van der Waals surface area contributed by atoms with Crippen LogP contribution in [0.4, 0.5) is 11.4 Å². The number of anilines is 2. The maximum Gasteiger partial charge on any atom is 0.324 e. The number of nitrogens with one attached hydrogen (secondary N) is 3. The van der Waals surface area contributed by atoms with E-state index >= 15 is 0 Å². The monoisotopic (exact) mass is 630 g/mol. The molecular formula is C29H34N4O8S2. The van der Waals surface area contributed by atoms with Gasteiger partial charge < -0.3 is 20.5 Å². The van der Waals surface area contributed by atoms with Gasteiger partial charge in [0, 0.05) is 17.3 Å². The molecule has 0 spiro atoms. The number of esters is 1. The van der Waals surface area contributed by atoms with Crippen LogP contribution in [0.15, 0.2) is 57.3 Å². The molecule has 14 heteroatoms. The first-order valence-electron chi connectivity index (χ1n) is 14.0. The molecule has 0 radical (unpaired) electrons. The molecule has 1 fully saturated rings. The van der Waals surface area contributed by atoms with Crippen LogP contribution in [0.5, 0.6) is 0 Å². The summed E-state index contributed by atoms with van der Waals surface area (Å²) in [6.07, 6.45) is 3.21. The molecule has 2 aliphatic heterocycles. The number of aliphatic hydroxyl groups excluding tert-OH is 1. The number of carbonyl (C=O) groups is 2. The van der Waals surface area contributed by atoms with Crippen molar-refractivity contribution in [2.24, 2.45) is 10.3 Å². The van der Waals surface area contributed by atoms with Gasteiger partial charge in [-0.1, -0.05) is 38.1 Å². The van der Waals surface area contributed by atoms with E-state index in [4.69, 9.17) is 4.74 Å². The second-order valence-corrected chi connectivity index (χ2v) is 14.8. The van der Waals surface area contributed by atoms with Gasteiger partial charge in [-0.05, 0) is 61.9 Å². The zero-order chi connectivity index (χ0) is 31.2. The Kier molecular flexibility index (Phi) is 8.13. The maximum atomic E-state index is 14.6. The molecule has 0 saturated carbocycles. The molecule has 0 aromatic heterocycles. The number of sulfonamides is 2. The molecule has 4 N–H and O–H groups in total. The number of ether oxygens (including phenoxy) is 1. The molecule has 2 atom stereocenters. The van der Waals surface area contributed by atoms with Crippen molar-refractivity contribution in [3.63, 3.8) is 0 Å². The second kappa shape index (κ2) is 11.4. The Bertz CT molecular complexity index is 1760. The summed E-state index contributed by atoms with van der Waals surface area (Å²) in [5.74, 6) is -2.47. The Morgan fingerprint density at radius 1 is 1.23 bits per heavy atom. The van der Waals surface area contributed by atoms with Crippen LogP contribution in [0.25, 0.3) is 5.76 Å². The maximum absolute atomic E-state index is 14.6. The van der Waals surface area contributed by atoms with Crippen LogP contribution in [0.1, 0.15) is 50.7 Å². The summed E-state index contributed by atoms with van der Waals surface area (Å²) in [6.45, 7) is 4.78. The standard InChI is InChI=1S/C29H34N4O8S2/c1-17(2)12-13-29(28(36)41-16-19-7-6-14-30-19)21-9-5-4-8-20(21)25(34)24(26(29)35)27-31-22-11-10-18(32-42(3,37)38)15-23(22)43(39,40)33-27/h4-5,8-11,15,17,19,30,32,34H,6-7,12-14,16H2,1-3H3,(H,31,33)/t19-,29+/m1/s1. The summed E-state index contributed by atoms with van der Waals surface area (Å²) in [5.41, 5.74) is -1.83. The normalized spacial score (nSPS) is 22.8. The number of hydrogen-bond acceptors (Lipinski definition) is 10. The number of aliphatic hydroxyl groups is 1. The van der Waals surface area contributed by atoms with Gasteiger partial charge in [0.05, 0.1) is 11.9 Å². The largest absolute Gasteiger partial charge is 0.506 e. The lowest BCUT2D eigenvalue weighted by molar-refractivity contribution is -0.155. The first-order valence-corrected chi connectivity index (χ1v) is 17.3. The highest BCUT2D eigenvalue weighted by molar-refractivity contribution is 7.92. The van der Waals surface area contributed by atoms with Gasteiger partial charge in [-0.15, -0.1) is 4.40 Å². The lowest BCUT2D eigenvalue weighted by Gasteiger charge is -2.37. The van der Waals surface area contributed by atoms with E-state index in [1.165, 1.54) is 12.1 Å². The summed E-state index contributed by atoms with van der Waals surface area (Å²) < 4.78 is 61.9. The number of fused-ring (bicyclic) bond motifs is 2. The predicted octanol–water partition coefficient (Wildman–Crippen LogP) is 3.09. The van der Waals surface area contributed by atoms with Crippen molar-refractivity contribution in [1.82, 2.24) is 5.32 Å². The van der Waals surface area contributed by atoms with E-state index < -0.39 is 54.4 Å². The zero-order valence-corrected chi connectivity index (χ0v) is 25.6. The Labute approximate surface area is 250 Å².